The van der Waals surface area contributed by atoms with Crippen molar-refractivity contribution in [1.82, 2.24) is 15.2 Å². The van der Waals surface area contributed by atoms with Crippen molar-refractivity contribution in [3.05, 3.63) is 40.2 Å². The Morgan fingerprint density at radius 1 is 1.31 bits per heavy atom. The van der Waals surface area contributed by atoms with E-state index in [4.69, 9.17) is 4.74 Å². The van der Waals surface area contributed by atoms with Crippen LogP contribution in [0.2, 0.25) is 0 Å². The summed E-state index contributed by atoms with van der Waals surface area (Å²) in [5, 5.41) is 5.90. The zero-order chi connectivity index (χ0) is 18.4. The predicted molar refractivity (Wildman–Crippen MR) is 101 cm³/mol. The van der Waals surface area contributed by atoms with Gasteiger partial charge in [-0.05, 0) is 18.4 Å². The normalized spacial score (nSPS) is 13.7. The number of thiazole rings is 1. The first-order chi connectivity index (χ1) is 12.6. The summed E-state index contributed by atoms with van der Waals surface area (Å²) in [5.74, 6) is 0.0151. The van der Waals surface area contributed by atoms with Crippen LogP contribution in [0.15, 0.2) is 29.6 Å². The minimum absolute atomic E-state index is 0.0151. The number of hydrogen-bond acceptors (Lipinski definition) is 5. The van der Waals surface area contributed by atoms with Crippen molar-refractivity contribution in [2.45, 2.75) is 26.2 Å². The van der Waals surface area contributed by atoms with Crippen molar-refractivity contribution < 1.29 is 14.3 Å². The number of ether oxygens (including phenoxy) is 1. The molecule has 6 nitrogen and oxygen atoms in total. The van der Waals surface area contributed by atoms with E-state index in [1.165, 1.54) is 12.5 Å². The number of nitrogens with one attached hydrogen (secondary N) is 1. The highest BCUT2D eigenvalue weighted by molar-refractivity contribution is 7.09. The van der Waals surface area contributed by atoms with Crippen LogP contribution in [0.3, 0.4) is 0 Å². The number of aromatic nitrogens is 1. The second kappa shape index (κ2) is 8.80. The molecule has 1 fully saturated rings. The molecule has 0 spiro atoms. The van der Waals surface area contributed by atoms with Gasteiger partial charge < -0.3 is 15.0 Å². The summed E-state index contributed by atoms with van der Waals surface area (Å²) in [5.41, 5.74) is 3.32. The van der Waals surface area contributed by atoms with E-state index in [2.05, 4.69) is 39.9 Å². The van der Waals surface area contributed by atoms with Crippen molar-refractivity contribution in [3.8, 4) is 11.3 Å². The molecule has 1 N–H and O–H groups in total. The number of aryl methyl sites for hydroxylation is 1. The van der Waals surface area contributed by atoms with E-state index in [9.17, 15) is 9.59 Å². The molecule has 1 aliphatic rings. The van der Waals surface area contributed by atoms with Crippen LogP contribution in [-0.2, 0) is 22.4 Å². The Balaban J connectivity index is 1.50. The molecule has 1 saturated heterocycles. The zero-order valence-electron chi connectivity index (χ0n) is 14.9. The molecule has 1 aromatic heterocycles. The fraction of sp³-hybridized carbons (Fsp3) is 0.421. The molecule has 1 aromatic carbocycles. The molecule has 0 unspecified atom stereocenters. The van der Waals surface area contributed by atoms with Gasteiger partial charge in [-0.3, -0.25) is 4.79 Å². The lowest BCUT2D eigenvalue weighted by Gasteiger charge is -2.10. The molecule has 26 heavy (non-hydrogen) atoms. The maximum Gasteiger partial charge on any atom is 0.409 e. The molecule has 0 radical (unpaired) electrons. The van der Waals surface area contributed by atoms with E-state index >= 15 is 0 Å². The summed E-state index contributed by atoms with van der Waals surface area (Å²) >= 11 is 1.62. The van der Waals surface area contributed by atoms with E-state index in [1.54, 1.807) is 16.2 Å². The molecule has 0 bridgehead atoms. The third-order valence-corrected chi connectivity index (χ3v) is 5.17. The molecule has 0 atom stereocenters. The van der Waals surface area contributed by atoms with Crippen LogP contribution < -0.4 is 5.32 Å². The number of cyclic esters (lactones) is 1. The van der Waals surface area contributed by atoms with Gasteiger partial charge in [0, 0.05) is 37.4 Å². The molecule has 2 amide bonds. The van der Waals surface area contributed by atoms with Crippen molar-refractivity contribution in [2.24, 2.45) is 0 Å². The van der Waals surface area contributed by atoms with Crippen molar-refractivity contribution in [2.75, 3.05) is 26.2 Å². The number of hydrogen-bond donors (Lipinski definition) is 1. The van der Waals surface area contributed by atoms with Gasteiger partial charge in [-0.15, -0.1) is 11.3 Å². The van der Waals surface area contributed by atoms with Crippen LogP contribution in [0.5, 0.6) is 0 Å². The number of nitrogens with zero attached hydrogens (tertiary/aromatic N) is 2. The molecule has 3 rings (SSSR count). The third-order valence-electron chi connectivity index (χ3n) is 4.26. The second-order valence-corrected chi connectivity index (χ2v) is 7.20. The molecule has 7 heteroatoms. The highest BCUT2D eigenvalue weighted by atomic mass is 32.1. The Hall–Kier alpha value is -2.41. The first-order valence-corrected chi connectivity index (χ1v) is 9.69. The summed E-state index contributed by atoms with van der Waals surface area (Å²) in [6, 6.07) is 8.40. The van der Waals surface area contributed by atoms with E-state index in [0.29, 0.717) is 26.2 Å². The van der Waals surface area contributed by atoms with E-state index in [0.717, 1.165) is 35.5 Å². The van der Waals surface area contributed by atoms with Gasteiger partial charge in [0.15, 0.2) is 0 Å². The van der Waals surface area contributed by atoms with Gasteiger partial charge in [0.2, 0.25) is 5.91 Å². The van der Waals surface area contributed by atoms with Gasteiger partial charge in [-0.2, -0.15) is 0 Å². The number of benzene rings is 1. The standard InChI is InChI=1S/C19H23N3O3S/c1-14(23)20-9-2-3-15-4-6-16(7-5-15)17-13-26-18(21-17)8-10-22-11-12-25-19(22)24/h4-7,13H,2-3,8-12H2,1H3,(H,20,23). The number of carbonyl (C=O) groups excluding carboxylic acids is 2. The lowest BCUT2D eigenvalue weighted by atomic mass is 10.1. The van der Waals surface area contributed by atoms with Crippen molar-refractivity contribution in [3.63, 3.8) is 0 Å². The van der Waals surface area contributed by atoms with Crippen LogP contribution in [0.4, 0.5) is 4.79 Å². The Kier molecular flexibility index (Phi) is 6.22. The van der Waals surface area contributed by atoms with Gasteiger partial charge in [0.05, 0.1) is 17.2 Å². The largest absolute Gasteiger partial charge is 0.448 e. The van der Waals surface area contributed by atoms with Gasteiger partial charge >= 0.3 is 6.09 Å². The average molecular weight is 373 g/mol. The second-order valence-electron chi connectivity index (χ2n) is 6.26. The molecular formula is C19H23N3O3S. The number of rotatable bonds is 8. The van der Waals surface area contributed by atoms with Gasteiger partial charge in [0.25, 0.3) is 0 Å². The minimum Gasteiger partial charge on any atom is -0.448 e. The monoisotopic (exact) mass is 373 g/mol. The topological polar surface area (TPSA) is 71.5 Å². The molecule has 0 saturated carbocycles. The van der Waals surface area contributed by atoms with Gasteiger partial charge in [-0.25, -0.2) is 9.78 Å². The smallest absolute Gasteiger partial charge is 0.409 e. The van der Waals surface area contributed by atoms with E-state index in [1.807, 2.05) is 0 Å². The average Bonchev–Trinajstić information content (AvgIpc) is 3.26. The Bertz CT molecular complexity index is 758. The molecule has 0 aliphatic carbocycles. The highest BCUT2D eigenvalue weighted by Crippen LogP contribution is 2.23. The van der Waals surface area contributed by atoms with Crippen LogP contribution in [0.25, 0.3) is 11.3 Å². The fourth-order valence-corrected chi connectivity index (χ4v) is 3.61. The summed E-state index contributed by atoms with van der Waals surface area (Å²) in [4.78, 5) is 28.7. The quantitative estimate of drug-likeness (QED) is 0.722. The lowest BCUT2D eigenvalue weighted by molar-refractivity contribution is -0.118. The molecule has 138 valence electrons. The maximum absolute atomic E-state index is 11.4. The summed E-state index contributed by atoms with van der Waals surface area (Å²) < 4.78 is 4.94. The van der Waals surface area contributed by atoms with E-state index in [-0.39, 0.29) is 12.0 Å². The van der Waals surface area contributed by atoms with Crippen LogP contribution in [-0.4, -0.2) is 48.1 Å². The zero-order valence-corrected chi connectivity index (χ0v) is 15.7. The van der Waals surface area contributed by atoms with Crippen molar-refractivity contribution >= 4 is 23.3 Å². The lowest BCUT2D eigenvalue weighted by Crippen LogP contribution is -2.26. The van der Waals surface area contributed by atoms with Crippen molar-refractivity contribution in [1.29, 1.82) is 0 Å². The molecule has 2 heterocycles. The number of carbonyl (C=O) groups is 2. The summed E-state index contributed by atoms with van der Waals surface area (Å²) in [7, 11) is 0. The molecule has 1 aliphatic heterocycles. The molecular weight excluding hydrogens is 350 g/mol. The minimum atomic E-state index is -0.226. The SMILES string of the molecule is CC(=O)NCCCc1ccc(-c2csc(CCN3CCOC3=O)n2)cc1. The third kappa shape index (κ3) is 5.05. The first-order valence-electron chi connectivity index (χ1n) is 8.81. The fourth-order valence-electron chi connectivity index (χ4n) is 2.82. The van der Waals surface area contributed by atoms with Gasteiger partial charge in [0.1, 0.15) is 6.61 Å². The van der Waals surface area contributed by atoms with Crippen LogP contribution in [0, 0.1) is 0 Å². The summed E-state index contributed by atoms with van der Waals surface area (Å²) in [6.07, 6.45) is 2.39. The highest BCUT2D eigenvalue weighted by Gasteiger charge is 2.21. The van der Waals surface area contributed by atoms with Crippen LogP contribution in [0.1, 0.15) is 23.9 Å². The maximum atomic E-state index is 11.4. The summed E-state index contributed by atoms with van der Waals surface area (Å²) in [6.45, 7) is 4.05. The Morgan fingerprint density at radius 2 is 2.12 bits per heavy atom. The van der Waals surface area contributed by atoms with Gasteiger partial charge in [-0.1, -0.05) is 24.3 Å². The molecule has 2 aromatic rings. The predicted octanol–water partition coefficient (Wildman–Crippen LogP) is 2.87. The first kappa shape index (κ1) is 18.4. The Morgan fingerprint density at radius 3 is 2.81 bits per heavy atom. The van der Waals surface area contributed by atoms with Crippen LogP contribution >= 0.6 is 11.3 Å². The Labute approximate surface area is 157 Å². The number of amides is 2. The van der Waals surface area contributed by atoms with E-state index < -0.39 is 0 Å².